The average Bonchev–Trinajstić information content (AvgIpc) is 2.55. The van der Waals surface area contributed by atoms with Gasteiger partial charge in [0.15, 0.2) is 0 Å². The number of benzene rings is 1. The first-order valence-corrected chi connectivity index (χ1v) is 9.32. The van der Waals surface area contributed by atoms with E-state index in [1.165, 1.54) is 5.56 Å². The third kappa shape index (κ3) is 3.89. The van der Waals surface area contributed by atoms with Crippen molar-refractivity contribution in [2.75, 3.05) is 18.4 Å². The Labute approximate surface area is 137 Å². The number of hydrogen-bond acceptors (Lipinski definition) is 4. The van der Waals surface area contributed by atoms with Crippen LogP contribution in [0, 0.1) is 6.92 Å². The molecule has 0 fully saturated rings. The van der Waals surface area contributed by atoms with Crippen LogP contribution in [0.4, 0.5) is 5.82 Å². The van der Waals surface area contributed by atoms with Crippen molar-refractivity contribution < 1.29 is 8.42 Å². The molecule has 1 aromatic carbocycles. The molecule has 0 amide bonds. The van der Waals surface area contributed by atoms with E-state index >= 15 is 0 Å². The van der Waals surface area contributed by atoms with E-state index in [0.29, 0.717) is 17.9 Å². The quantitative estimate of drug-likeness (QED) is 0.882. The molecule has 5 nitrogen and oxygen atoms in total. The molecular weight excluding hydrogens is 310 g/mol. The molecule has 3 rings (SSSR count). The van der Waals surface area contributed by atoms with Crippen LogP contribution in [0.15, 0.2) is 41.3 Å². The van der Waals surface area contributed by atoms with Crippen molar-refractivity contribution >= 4 is 15.8 Å². The summed E-state index contributed by atoms with van der Waals surface area (Å²) in [7, 11) is -3.46. The molecule has 0 atom stereocenters. The lowest BCUT2D eigenvalue weighted by Crippen LogP contribution is -2.26. The van der Waals surface area contributed by atoms with Gasteiger partial charge >= 0.3 is 0 Å². The normalized spacial score (nSPS) is 14.1. The van der Waals surface area contributed by atoms with Crippen LogP contribution in [0.1, 0.15) is 23.2 Å². The van der Waals surface area contributed by atoms with Crippen molar-refractivity contribution in [3.05, 3.63) is 53.2 Å². The van der Waals surface area contributed by atoms with E-state index in [9.17, 15) is 8.42 Å². The van der Waals surface area contributed by atoms with Gasteiger partial charge in [0.25, 0.3) is 0 Å². The lowest BCUT2D eigenvalue weighted by atomic mass is 10.1. The predicted octanol–water partition coefficient (Wildman–Crippen LogP) is 2.27. The van der Waals surface area contributed by atoms with Gasteiger partial charge in [0.1, 0.15) is 5.82 Å². The molecule has 0 unspecified atom stereocenters. The minimum absolute atomic E-state index is 0.295. The van der Waals surface area contributed by atoms with Gasteiger partial charge in [0, 0.05) is 25.2 Å². The number of fused-ring (bicyclic) bond motifs is 1. The summed E-state index contributed by atoms with van der Waals surface area (Å²) in [4.78, 5) is 4.87. The van der Waals surface area contributed by atoms with Crippen molar-refractivity contribution in [3.8, 4) is 0 Å². The molecule has 122 valence electrons. The first kappa shape index (κ1) is 16.0. The maximum absolute atomic E-state index is 12.2. The van der Waals surface area contributed by atoms with Gasteiger partial charge in [-0.3, -0.25) is 0 Å². The van der Waals surface area contributed by atoms with Crippen molar-refractivity contribution in [2.24, 2.45) is 0 Å². The first-order chi connectivity index (χ1) is 11.0. The summed E-state index contributed by atoms with van der Waals surface area (Å²) in [5, 5.41) is 3.29. The molecule has 0 saturated carbocycles. The van der Waals surface area contributed by atoms with Gasteiger partial charge in [0.2, 0.25) is 10.0 Å². The van der Waals surface area contributed by atoms with Gasteiger partial charge in [-0.05, 0) is 43.5 Å². The molecule has 1 aliphatic rings. The largest absolute Gasteiger partial charge is 0.370 e. The Kier molecular flexibility index (Phi) is 4.63. The molecular formula is C17H21N3O2S. The van der Waals surface area contributed by atoms with Crippen LogP contribution < -0.4 is 10.0 Å². The fraction of sp³-hybridized carbons (Fsp3) is 0.353. The predicted molar refractivity (Wildman–Crippen MR) is 91.1 cm³/mol. The summed E-state index contributed by atoms with van der Waals surface area (Å²) in [5.41, 5.74) is 3.17. The molecule has 2 aromatic rings. The average molecular weight is 331 g/mol. The second kappa shape index (κ2) is 6.68. The van der Waals surface area contributed by atoms with Crippen LogP contribution in [-0.2, 0) is 22.9 Å². The van der Waals surface area contributed by atoms with Crippen LogP contribution in [0.3, 0.4) is 0 Å². The Morgan fingerprint density at radius 1 is 1.17 bits per heavy atom. The fourth-order valence-electron chi connectivity index (χ4n) is 2.62. The SMILES string of the molecule is Cc1ccc(S(=O)(=O)NCCc2ccc3c(n2)NCCC3)cc1. The number of aryl methyl sites for hydroxylation is 2. The Morgan fingerprint density at radius 2 is 1.96 bits per heavy atom. The Hall–Kier alpha value is -1.92. The van der Waals surface area contributed by atoms with Crippen LogP contribution in [-0.4, -0.2) is 26.5 Å². The standard InChI is InChI=1S/C17H21N3O2S/c1-13-4-8-16(9-5-13)23(21,22)19-12-10-15-7-6-14-3-2-11-18-17(14)20-15/h4-9,19H,2-3,10-12H2,1H3,(H,18,20). The van der Waals surface area contributed by atoms with E-state index in [0.717, 1.165) is 36.5 Å². The van der Waals surface area contributed by atoms with Crippen molar-refractivity contribution in [3.63, 3.8) is 0 Å². The number of nitrogens with zero attached hydrogens (tertiary/aromatic N) is 1. The molecule has 6 heteroatoms. The summed E-state index contributed by atoms with van der Waals surface area (Å²) in [5.74, 6) is 0.940. The Balaban J connectivity index is 1.61. The molecule has 0 aliphatic carbocycles. The highest BCUT2D eigenvalue weighted by molar-refractivity contribution is 7.89. The number of anilines is 1. The van der Waals surface area contributed by atoms with Gasteiger partial charge in [-0.25, -0.2) is 18.1 Å². The van der Waals surface area contributed by atoms with Crippen LogP contribution in [0.2, 0.25) is 0 Å². The van der Waals surface area contributed by atoms with E-state index in [1.807, 2.05) is 13.0 Å². The van der Waals surface area contributed by atoms with E-state index in [2.05, 4.69) is 21.1 Å². The number of sulfonamides is 1. The zero-order valence-electron chi connectivity index (χ0n) is 13.2. The maximum Gasteiger partial charge on any atom is 0.240 e. The topological polar surface area (TPSA) is 71.1 Å². The van der Waals surface area contributed by atoms with Gasteiger partial charge < -0.3 is 5.32 Å². The van der Waals surface area contributed by atoms with E-state index in [4.69, 9.17) is 0 Å². The van der Waals surface area contributed by atoms with Gasteiger partial charge in [-0.2, -0.15) is 0 Å². The Bertz CT molecular complexity index is 786. The molecule has 2 N–H and O–H groups in total. The minimum Gasteiger partial charge on any atom is -0.370 e. The number of nitrogens with one attached hydrogen (secondary N) is 2. The van der Waals surface area contributed by atoms with E-state index < -0.39 is 10.0 Å². The highest BCUT2D eigenvalue weighted by Crippen LogP contribution is 2.19. The van der Waals surface area contributed by atoms with Crippen molar-refractivity contribution in [1.29, 1.82) is 0 Å². The second-order valence-corrected chi connectivity index (χ2v) is 7.57. The summed E-state index contributed by atoms with van der Waals surface area (Å²) in [6.45, 7) is 3.21. The van der Waals surface area contributed by atoms with Crippen LogP contribution in [0.5, 0.6) is 0 Å². The van der Waals surface area contributed by atoms with Gasteiger partial charge in [-0.1, -0.05) is 23.8 Å². The van der Waals surface area contributed by atoms with Gasteiger partial charge in [0.05, 0.1) is 4.90 Å². The maximum atomic E-state index is 12.2. The minimum atomic E-state index is -3.46. The zero-order valence-corrected chi connectivity index (χ0v) is 14.0. The summed E-state index contributed by atoms with van der Waals surface area (Å²) >= 11 is 0. The second-order valence-electron chi connectivity index (χ2n) is 5.80. The highest BCUT2D eigenvalue weighted by Gasteiger charge is 2.14. The molecule has 0 bridgehead atoms. The molecule has 2 heterocycles. The molecule has 0 saturated heterocycles. The third-order valence-corrected chi connectivity index (χ3v) is 5.43. The van der Waals surface area contributed by atoms with Crippen molar-refractivity contribution in [2.45, 2.75) is 31.1 Å². The number of hydrogen-bond donors (Lipinski definition) is 2. The lowest BCUT2D eigenvalue weighted by molar-refractivity contribution is 0.581. The molecule has 23 heavy (non-hydrogen) atoms. The lowest BCUT2D eigenvalue weighted by Gasteiger charge is -2.17. The van der Waals surface area contributed by atoms with E-state index in [-0.39, 0.29) is 0 Å². The summed E-state index contributed by atoms with van der Waals surface area (Å²) < 4.78 is 27.1. The molecule has 0 radical (unpaired) electrons. The zero-order chi connectivity index (χ0) is 16.3. The van der Waals surface area contributed by atoms with Crippen molar-refractivity contribution in [1.82, 2.24) is 9.71 Å². The number of pyridine rings is 1. The van der Waals surface area contributed by atoms with E-state index in [1.54, 1.807) is 24.3 Å². The third-order valence-electron chi connectivity index (χ3n) is 3.96. The Morgan fingerprint density at radius 3 is 2.74 bits per heavy atom. The van der Waals surface area contributed by atoms with Gasteiger partial charge in [-0.15, -0.1) is 0 Å². The summed E-state index contributed by atoms with van der Waals surface area (Å²) in [6.07, 6.45) is 2.75. The molecule has 1 aromatic heterocycles. The first-order valence-electron chi connectivity index (χ1n) is 7.84. The highest BCUT2D eigenvalue weighted by atomic mass is 32.2. The fourth-order valence-corrected chi connectivity index (χ4v) is 3.65. The summed E-state index contributed by atoms with van der Waals surface area (Å²) in [6, 6.07) is 10.9. The van der Waals surface area contributed by atoms with Crippen LogP contribution >= 0.6 is 0 Å². The number of aromatic nitrogens is 1. The molecule has 0 spiro atoms. The molecule has 1 aliphatic heterocycles. The monoisotopic (exact) mass is 331 g/mol. The van der Waals surface area contributed by atoms with Crippen LogP contribution in [0.25, 0.3) is 0 Å². The number of rotatable bonds is 5. The smallest absolute Gasteiger partial charge is 0.240 e.